The van der Waals surface area contributed by atoms with E-state index in [1.807, 2.05) is 6.92 Å². The van der Waals surface area contributed by atoms with Gasteiger partial charge in [-0.1, -0.05) is 28.9 Å². The van der Waals surface area contributed by atoms with E-state index in [-0.39, 0.29) is 10.9 Å². The summed E-state index contributed by atoms with van der Waals surface area (Å²) in [4.78, 5) is 0.238. The highest BCUT2D eigenvalue weighted by atomic mass is 79.9. The van der Waals surface area contributed by atoms with Gasteiger partial charge < -0.3 is 0 Å². The minimum absolute atomic E-state index is 0.219. The van der Waals surface area contributed by atoms with Gasteiger partial charge in [0.25, 0.3) is 0 Å². The van der Waals surface area contributed by atoms with E-state index in [9.17, 15) is 8.42 Å². The van der Waals surface area contributed by atoms with Gasteiger partial charge in [-0.2, -0.15) is 0 Å². The second-order valence-corrected chi connectivity index (χ2v) is 6.22. The van der Waals surface area contributed by atoms with Gasteiger partial charge in [0.05, 0.1) is 4.90 Å². The molecule has 5 heteroatoms. The predicted octanol–water partition coefficient (Wildman–Crippen LogP) is 2.53. The van der Waals surface area contributed by atoms with Gasteiger partial charge in [-0.05, 0) is 24.6 Å². The maximum atomic E-state index is 12.0. The summed E-state index contributed by atoms with van der Waals surface area (Å²) in [7, 11) is -3.49. The van der Waals surface area contributed by atoms with Crippen molar-refractivity contribution >= 4 is 26.0 Å². The fourth-order valence-electron chi connectivity index (χ4n) is 1.33. The maximum Gasteiger partial charge on any atom is 0.240 e. The van der Waals surface area contributed by atoms with Crippen LogP contribution in [0.3, 0.4) is 0 Å². The van der Waals surface area contributed by atoms with Crippen molar-refractivity contribution in [3.8, 4) is 12.3 Å². The molecule has 0 spiro atoms. The third kappa shape index (κ3) is 4.15. The zero-order chi connectivity index (χ0) is 12.9. The average Bonchev–Trinajstić information content (AvgIpc) is 2.28. The zero-order valence-electron chi connectivity index (χ0n) is 9.48. The molecule has 1 N–H and O–H groups in total. The molecule has 0 aromatic heterocycles. The van der Waals surface area contributed by atoms with Crippen molar-refractivity contribution in [2.45, 2.75) is 30.7 Å². The van der Waals surface area contributed by atoms with E-state index >= 15 is 0 Å². The first-order valence-corrected chi connectivity index (χ1v) is 7.48. The highest BCUT2D eigenvalue weighted by Gasteiger charge is 2.18. The Labute approximate surface area is 111 Å². The van der Waals surface area contributed by atoms with Crippen molar-refractivity contribution in [2.75, 3.05) is 0 Å². The van der Waals surface area contributed by atoms with Gasteiger partial charge >= 0.3 is 0 Å². The summed E-state index contributed by atoms with van der Waals surface area (Å²) >= 11 is 3.24. The van der Waals surface area contributed by atoms with Crippen molar-refractivity contribution in [1.29, 1.82) is 0 Å². The molecule has 1 unspecified atom stereocenters. The summed E-state index contributed by atoms with van der Waals surface area (Å²) in [5.74, 6) is 2.47. The van der Waals surface area contributed by atoms with Crippen LogP contribution in [0.4, 0.5) is 0 Å². The second-order valence-electron chi connectivity index (χ2n) is 3.59. The molecule has 0 radical (unpaired) electrons. The summed E-state index contributed by atoms with van der Waals surface area (Å²) in [6, 6.07) is 6.35. The van der Waals surface area contributed by atoms with E-state index in [1.165, 1.54) is 0 Å². The quantitative estimate of drug-likeness (QED) is 0.849. The number of benzene rings is 1. The van der Waals surface area contributed by atoms with Crippen molar-refractivity contribution < 1.29 is 8.42 Å². The van der Waals surface area contributed by atoms with Crippen LogP contribution in [0.15, 0.2) is 33.6 Å². The fraction of sp³-hybridized carbons (Fsp3) is 0.333. The monoisotopic (exact) mass is 315 g/mol. The van der Waals surface area contributed by atoms with Crippen LogP contribution in [0.1, 0.15) is 19.8 Å². The molecule has 1 rings (SSSR count). The van der Waals surface area contributed by atoms with E-state index in [0.717, 1.165) is 4.47 Å². The third-order valence-electron chi connectivity index (χ3n) is 2.29. The molecule has 3 nitrogen and oxygen atoms in total. The van der Waals surface area contributed by atoms with Crippen LogP contribution in [-0.2, 0) is 10.0 Å². The number of terminal acetylenes is 1. The molecular formula is C12H14BrNO2S. The Morgan fingerprint density at radius 1 is 1.53 bits per heavy atom. The molecule has 1 atom stereocenters. The molecule has 0 saturated carbocycles. The number of sulfonamides is 1. The van der Waals surface area contributed by atoms with Gasteiger partial charge in [-0.3, -0.25) is 0 Å². The Kier molecular flexibility index (Phi) is 5.19. The lowest BCUT2D eigenvalue weighted by molar-refractivity contribution is 0.544. The van der Waals surface area contributed by atoms with E-state index in [0.29, 0.717) is 12.8 Å². The smallest absolute Gasteiger partial charge is 0.207 e. The van der Waals surface area contributed by atoms with Crippen LogP contribution in [0.25, 0.3) is 0 Å². The van der Waals surface area contributed by atoms with Crippen LogP contribution in [0.5, 0.6) is 0 Å². The SMILES string of the molecule is C#CCC(CC)NS(=O)(=O)c1cccc(Br)c1. The standard InChI is InChI=1S/C12H14BrNO2S/c1-3-6-11(4-2)14-17(15,16)12-8-5-7-10(13)9-12/h1,5,7-9,11,14H,4,6H2,2H3. The minimum Gasteiger partial charge on any atom is -0.207 e. The Morgan fingerprint density at radius 2 is 2.24 bits per heavy atom. The van der Waals surface area contributed by atoms with E-state index < -0.39 is 10.0 Å². The molecule has 1 aromatic carbocycles. The Bertz CT molecular complexity index is 520. The van der Waals surface area contributed by atoms with E-state index in [2.05, 4.69) is 26.6 Å². The van der Waals surface area contributed by atoms with Gasteiger partial charge in [0.2, 0.25) is 10.0 Å². The fourth-order valence-corrected chi connectivity index (χ4v) is 3.25. The van der Waals surface area contributed by atoms with Gasteiger partial charge in [0, 0.05) is 16.9 Å². The number of halogens is 1. The first-order valence-electron chi connectivity index (χ1n) is 5.21. The Morgan fingerprint density at radius 3 is 2.76 bits per heavy atom. The van der Waals surface area contributed by atoms with Crippen LogP contribution in [0.2, 0.25) is 0 Å². The molecule has 0 saturated heterocycles. The molecule has 0 bridgehead atoms. The minimum atomic E-state index is -3.49. The van der Waals surface area contributed by atoms with Gasteiger partial charge in [-0.25, -0.2) is 13.1 Å². The van der Waals surface area contributed by atoms with E-state index in [1.54, 1.807) is 24.3 Å². The first-order chi connectivity index (χ1) is 7.99. The summed E-state index contributed by atoms with van der Waals surface area (Å²) in [5.41, 5.74) is 0. The predicted molar refractivity (Wildman–Crippen MR) is 72.0 cm³/mol. The van der Waals surface area contributed by atoms with Crippen LogP contribution < -0.4 is 4.72 Å². The lowest BCUT2D eigenvalue weighted by Gasteiger charge is -2.14. The topological polar surface area (TPSA) is 46.2 Å². The molecule has 0 aliphatic rings. The van der Waals surface area contributed by atoms with Gasteiger partial charge in [0.1, 0.15) is 0 Å². The summed E-state index contributed by atoms with van der Waals surface area (Å²) in [5, 5.41) is 0. The first kappa shape index (κ1) is 14.2. The molecule has 1 aromatic rings. The number of hydrogen-bond acceptors (Lipinski definition) is 2. The number of hydrogen-bond donors (Lipinski definition) is 1. The van der Waals surface area contributed by atoms with E-state index in [4.69, 9.17) is 6.42 Å². The van der Waals surface area contributed by atoms with Gasteiger partial charge in [-0.15, -0.1) is 12.3 Å². The normalized spacial score (nSPS) is 13.0. The molecular weight excluding hydrogens is 302 g/mol. The lowest BCUT2D eigenvalue weighted by atomic mass is 10.2. The Hall–Kier alpha value is -0.830. The number of nitrogens with one attached hydrogen (secondary N) is 1. The molecule has 0 amide bonds. The Balaban J connectivity index is 2.93. The van der Waals surface area contributed by atoms with Crippen LogP contribution in [0, 0.1) is 12.3 Å². The number of rotatable bonds is 5. The highest BCUT2D eigenvalue weighted by molar-refractivity contribution is 9.10. The van der Waals surface area contributed by atoms with Crippen molar-refractivity contribution in [3.05, 3.63) is 28.7 Å². The molecule has 92 valence electrons. The molecule has 0 aliphatic carbocycles. The lowest BCUT2D eigenvalue weighted by Crippen LogP contribution is -2.34. The molecule has 0 fully saturated rings. The zero-order valence-corrected chi connectivity index (χ0v) is 11.9. The largest absolute Gasteiger partial charge is 0.240 e. The van der Waals surface area contributed by atoms with Gasteiger partial charge in [0.15, 0.2) is 0 Å². The van der Waals surface area contributed by atoms with Crippen molar-refractivity contribution in [3.63, 3.8) is 0 Å². The highest BCUT2D eigenvalue weighted by Crippen LogP contribution is 2.16. The van der Waals surface area contributed by atoms with Crippen molar-refractivity contribution in [2.24, 2.45) is 0 Å². The molecule has 17 heavy (non-hydrogen) atoms. The van der Waals surface area contributed by atoms with Crippen LogP contribution >= 0.6 is 15.9 Å². The second kappa shape index (κ2) is 6.20. The average molecular weight is 316 g/mol. The third-order valence-corrected chi connectivity index (χ3v) is 4.30. The summed E-state index contributed by atoms with van der Waals surface area (Å²) in [6.45, 7) is 1.89. The van der Waals surface area contributed by atoms with Crippen molar-refractivity contribution in [1.82, 2.24) is 4.72 Å². The maximum absolute atomic E-state index is 12.0. The summed E-state index contributed by atoms with van der Waals surface area (Å²) < 4.78 is 27.4. The molecule has 0 aliphatic heterocycles. The molecule has 0 heterocycles. The van der Waals surface area contributed by atoms with Crippen LogP contribution in [-0.4, -0.2) is 14.5 Å². The summed E-state index contributed by atoms with van der Waals surface area (Å²) in [6.07, 6.45) is 6.25.